The Morgan fingerprint density at radius 1 is 1.29 bits per heavy atom. The molecular formula is C16H19F6N5O8. The minimum Gasteiger partial charge on any atom is -0.493 e. The van der Waals surface area contributed by atoms with Crippen LogP contribution >= 0.6 is 0 Å². The van der Waals surface area contributed by atoms with E-state index in [1.807, 2.05) is 6.07 Å². The van der Waals surface area contributed by atoms with Gasteiger partial charge in [0.15, 0.2) is 11.5 Å². The summed E-state index contributed by atoms with van der Waals surface area (Å²) in [6.45, 7) is 0. The van der Waals surface area contributed by atoms with Gasteiger partial charge in [0.25, 0.3) is 5.69 Å². The zero-order valence-corrected chi connectivity index (χ0v) is 17.2. The molecule has 9 N–H and O–H groups in total. The number of carboxylic acids is 1. The van der Waals surface area contributed by atoms with Crippen LogP contribution in [0, 0.1) is 21.4 Å². The standard InChI is InChI=1S/C14H11N5O4.C2HF3O2.3FH.2H2O/c1-22-10-4-7(19(20)21)2-6-3-8-11(16)9(5-15)13(17)18-14(8)23-12(6)10;3-2(4,5)1(6)7;;;;;/h2,4H,3H2,1H3,(H4,16,17,18);(H,6,7);3*1H;2*1H2. The maximum Gasteiger partial charge on any atom is 0.490 e. The number of alkyl halides is 3. The van der Waals surface area contributed by atoms with Crippen molar-refractivity contribution in [1.82, 2.24) is 4.98 Å². The highest BCUT2D eigenvalue weighted by Gasteiger charge is 2.38. The van der Waals surface area contributed by atoms with E-state index in [4.69, 9.17) is 36.1 Å². The summed E-state index contributed by atoms with van der Waals surface area (Å²) in [5.41, 5.74) is 12.7. The van der Waals surface area contributed by atoms with Crippen molar-refractivity contribution in [2.24, 2.45) is 0 Å². The summed E-state index contributed by atoms with van der Waals surface area (Å²) in [5, 5.41) is 27.2. The van der Waals surface area contributed by atoms with Gasteiger partial charge in [0, 0.05) is 23.6 Å². The number of aliphatic carboxylic acids is 1. The minimum atomic E-state index is -5.08. The molecule has 0 atom stereocenters. The number of pyridine rings is 1. The van der Waals surface area contributed by atoms with Gasteiger partial charge in [0.05, 0.1) is 23.8 Å². The molecule has 1 aliphatic heterocycles. The highest BCUT2D eigenvalue weighted by Crippen LogP contribution is 2.46. The zero-order chi connectivity index (χ0) is 22.8. The normalized spacial score (nSPS) is 9.91. The third-order valence-electron chi connectivity index (χ3n) is 3.80. The molecule has 2 aromatic rings. The Bertz CT molecular complexity index is 1090. The Balaban J connectivity index is -0.000000356. The van der Waals surface area contributed by atoms with Crippen molar-refractivity contribution in [2.45, 2.75) is 12.6 Å². The number of hydrogen-bond acceptors (Lipinski definition) is 9. The lowest BCUT2D eigenvalue weighted by Crippen LogP contribution is -2.21. The lowest BCUT2D eigenvalue weighted by Gasteiger charge is -2.23. The van der Waals surface area contributed by atoms with Gasteiger partial charge in [-0.1, -0.05) is 0 Å². The second-order valence-corrected chi connectivity index (χ2v) is 5.66. The van der Waals surface area contributed by atoms with E-state index in [2.05, 4.69) is 4.98 Å². The number of hydrogen-bond donors (Lipinski definition) is 3. The van der Waals surface area contributed by atoms with Crippen LogP contribution in [0.4, 0.5) is 44.5 Å². The predicted octanol–water partition coefficient (Wildman–Crippen LogP) is 1.17. The number of anilines is 2. The number of rotatable bonds is 2. The predicted molar refractivity (Wildman–Crippen MR) is 109 cm³/mol. The molecule has 2 heterocycles. The van der Waals surface area contributed by atoms with E-state index in [1.54, 1.807) is 0 Å². The van der Waals surface area contributed by atoms with Crippen LogP contribution < -0.4 is 20.9 Å². The van der Waals surface area contributed by atoms with E-state index >= 15 is 0 Å². The molecule has 0 saturated carbocycles. The number of nitrogens with two attached hydrogens (primary N) is 2. The van der Waals surface area contributed by atoms with Crippen LogP contribution in [0.15, 0.2) is 12.1 Å². The topological polar surface area (TPSA) is 251 Å². The summed E-state index contributed by atoms with van der Waals surface area (Å²) in [4.78, 5) is 23.4. The zero-order valence-electron chi connectivity index (χ0n) is 17.2. The van der Waals surface area contributed by atoms with Crippen molar-refractivity contribution in [3.63, 3.8) is 0 Å². The molecule has 0 radical (unpaired) electrons. The first-order valence-electron chi connectivity index (χ1n) is 7.71. The molecule has 13 nitrogen and oxygen atoms in total. The molecule has 0 saturated heterocycles. The lowest BCUT2D eigenvalue weighted by molar-refractivity contribution is -0.385. The highest BCUT2D eigenvalue weighted by atomic mass is 19.4. The summed E-state index contributed by atoms with van der Waals surface area (Å²) < 4.78 is 42.6. The van der Waals surface area contributed by atoms with Crippen molar-refractivity contribution < 1.29 is 62.5 Å². The fourth-order valence-corrected chi connectivity index (χ4v) is 2.44. The van der Waals surface area contributed by atoms with Gasteiger partial charge in [0.2, 0.25) is 5.88 Å². The number of aromatic nitrogens is 1. The Kier molecular flexibility index (Phi) is 14.9. The van der Waals surface area contributed by atoms with E-state index in [1.165, 1.54) is 19.2 Å². The van der Waals surface area contributed by atoms with Gasteiger partial charge < -0.3 is 37.0 Å². The second kappa shape index (κ2) is 13.9. The molecule has 1 aromatic heterocycles. The molecule has 19 heteroatoms. The minimum absolute atomic E-state index is 0. The average Bonchev–Trinajstić information content (AvgIpc) is 2.66. The summed E-state index contributed by atoms with van der Waals surface area (Å²) in [6.07, 6.45) is -4.86. The number of carbonyl (C=O) groups is 1. The number of nitrogens with zero attached hydrogens (tertiary/aromatic N) is 3. The quantitative estimate of drug-likeness (QED) is 0.245. The maximum absolute atomic E-state index is 11.0. The van der Waals surface area contributed by atoms with Gasteiger partial charge in [0.1, 0.15) is 17.5 Å². The van der Waals surface area contributed by atoms with Gasteiger partial charge in [-0.3, -0.25) is 24.2 Å². The van der Waals surface area contributed by atoms with Gasteiger partial charge in [-0.2, -0.15) is 23.4 Å². The van der Waals surface area contributed by atoms with E-state index in [0.29, 0.717) is 16.9 Å². The number of nitrogen functional groups attached to an aromatic ring is 2. The summed E-state index contributed by atoms with van der Waals surface area (Å²) in [5.74, 6) is -2.09. The lowest BCUT2D eigenvalue weighted by atomic mass is 9.98. The Hall–Kier alpha value is -4.57. The van der Waals surface area contributed by atoms with E-state index in [0.717, 1.165) is 0 Å². The Labute approximate surface area is 190 Å². The Morgan fingerprint density at radius 3 is 2.20 bits per heavy atom. The first-order valence-corrected chi connectivity index (χ1v) is 7.71. The number of halogens is 6. The molecule has 198 valence electrons. The largest absolute Gasteiger partial charge is 0.493 e. The molecule has 1 aliphatic rings. The van der Waals surface area contributed by atoms with E-state index in [-0.39, 0.29) is 65.9 Å². The second-order valence-electron chi connectivity index (χ2n) is 5.66. The Morgan fingerprint density at radius 2 is 1.80 bits per heavy atom. The first kappa shape index (κ1) is 37.7. The SMILES string of the molecule is COc1cc([N+](=O)[O-])cc2c1Oc1nc(N)c(C#N)c(N)c1C2.F.F.F.O.O.O=C(O)C(F)(F)F. The number of benzene rings is 1. The third kappa shape index (κ3) is 7.76. The molecule has 0 fully saturated rings. The number of nitro benzene ring substituents is 1. The maximum atomic E-state index is 11.0. The molecular weight excluding hydrogens is 504 g/mol. The number of non-ortho nitro benzene ring substituents is 1. The summed E-state index contributed by atoms with van der Waals surface area (Å²) in [6, 6.07) is 4.53. The first-order chi connectivity index (χ1) is 13.9. The average molecular weight is 523 g/mol. The number of nitriles is 1. The fraction of sp³-hybridized carbons (Fsp3) is 0.188. The van der Waals surface area contributed by atoms with Crippen LogP contribution in [0.1, 0.15) is 16.7 Å². The van der Waals surface area contributed by atoms with Crippen molar-refractivity contribution in [1.29, 1.82) is 5.26 Å². The highest BCUT2D eigenvalue weighted by molar-refractivity contribution is 5.74. The van der Waals surface area contributed by atoms with Crippen molar-refractivity contribution >= 4 is 23.2 Å². The van der Waals surface area contributed by atoms with Crippen LogP contribution in [0.2, 0.25) is 0 Å². The van der Waals surface area contributed by atoms with Gasteiger partial charge in [-0.15, -0.1) is 0 Å². The molecule has 0 aliphatic carbocycles. The molecule has 35 heavy (non-hydrogen) atoms. The van der Waals surface area contributed by atoms with Crippen molar-refractivity contribution in [2.75, 3.05) is 18.6 Å². The van der Waals surface area contributed by atoms with E-state index in [9.17, 15) is 23.3 Å². The number of methoxy groups -OCH3 is 1. The number of nitro groups is 1. The van der Waals surface area contributed by atoms with E-state index < -0.39 is 17.1 Å². The van der Waals surface area contributed by atoms with Crippen LogP contribution in [-0.2, 0) is 11.2 Å². The third-order valence-corrected chi connectivity index (χ3v) is 3.80. The molecule has 0 amide bonds. The molecule has 3 rings (SSSR count). The summed E-state index contributed by atoms with van der Waals surface area (Å²) >= 11 is 0. The van der Waals surface area contributed by atoms with Gasteiger partial charge >= 0.3 is 12.1 Å². The number of ether oxygens (including phenoxy) is 2. The number of fused-ring (bicyclic) bond motifs is 2. The van der Waals surface area contributed by atoms with Crippen LogP contribution in [-0.4, -0.2) is 45.2 Å². The number of carboxylic acid groups (broad SMARTS) is 1. The van der Waals surface area contributed by atoms with Gasteiger partial charge in [-0.05, 0) is 0 Å². The fourth-order valence-electron chi connectivity index (χ4n) is 2.44. The monoisotopic (exact) mass is 523 g/mol. The summed E-state index contributed by atoms with van der Waals surface area (Å²) in [7, 11) is 1.38. The van der Waals surface area contributed by atoms with Crippen LogP contribution in [0.5, 0.6) is 17.4 Å². The smallest absolute Gasteiger partial charge is 0.490 e. The van der Waals surface area contributed by atoms with Gasteiger partial charge in [-0.25, -0.2) is 4.79 Å². The van der Waals surface area contributed by atoms with Crippen molar-refractivity contribution in [3.8, 4) is 23.4 Å². The molecule has 0 spiro atoms. The molecule has 0 unspecified atom stereocenters. The molecule has 0 bridgehead atoms. The van der Waals surface area contributed by atoms with Crippen LogP contribution in [0.3, 0.4) is 0 Å². The molecule has 1 aromatic carbocycles. The van der Waals surface area contributed by atoms with Crippen molar-refractivity contribution in [3.05, 3.63) is 38.9 Å². The van der Waals surface area contributed by atoms with Crippen LogP contribution in [0.25, 0.3) is 0 Å².